The molecule has 1 saturated heterocycles. The van der Waals surface area contributed by atoms with Gasteiger partial charge in [-0.2, -0.15) is 0 Å². The number of carbonyl (C=O) groups excluding carboxylic acids is 3. The molecule has 8 heteroatoms. The number of esters is 1. The lowest BCUT2D eigenvalue weighted by Gasteiger charge is -2.31. The van der Waals surface area contributed by atoms with Crippen molar-refractivity contribution in [3.05, 3.63) is 89.5 Å². The molecule has 4 rings (SSSR count). The Balaban J connectivity index is 1.26. The molecule has 3 aromatic rings. The first-order valence-corrected chi connectivity index (χ1v) is 13.8. The number of para-hydroxylation sites is 1. The zero-order valence-electron chi connectivity index (χ0n) is 22.9. The lowest BCUT2D eigenvalue weighted by atomic mass is 9.99. The highest BCUT2D eigenvalue weighted by Crippen LogP contribution is 2.28. The van der Waals surface area contributed by atoms with Gasteiger partial charge in [0, 0.05) is 31.7 Å². The molecule has 1 aliphatic heterocycles. The van der Waals surface area contributed by atoms with E-state index in [9.17, 15) is 14.4 Å². The summed E-state index contributed by atoms with van der Waals surface area (Å²) in [5.41, 5.74) is 5.71. The normalized spacial score (nSPS) is 13.8. The van der Waals surface area contributed by atoms with Crippen LogP contribution in [0.4, 0.5) is 10.5 Å². The SMILES string of the molecule is CCOC(=O)Cc1ccc(CCN2CCC(OC(=O)Nc3ccccc3-c3ccccc3)CC2)c(CNC=O)c1. The van der Waals surface area contributed by atoms with Gasteiger partial charge < -0.3 is 19.7 Å². The average Bonchev–Trinajstić information content (AvgIpc) is 2.97. The molecular weight excluding hydrogens is 506 g/mol. The lowest BCUT2D eigenvalue weighted by molar-refractivity contribution is -0.142. The zero-order valence-corrected chi connectivity index (χ0v) is 22.9. The van der Waals surface area contributed by atoms with Crippen molar-refractivity contribution in [3.8, 4) is 11.1 Å². The van der Waals surface area contributed by atoms with Crippen LogP contribution in [0.1, 0.15) is 36.5 Å². The van der Waals surface area contributed by atoms with Crippen molar-refractivity contribution in [2.24, 2.45) is 0 Å². The van der Waals surface area contributed by atoms with Gasteiger partial charge in [-0.05, 0) is 54.5 Å². The van der Waals surface area contributed by atoms with Gasteiger partial charge in [0.2, 0.25) is 6.41 Å². The van der Waals surface area contributed by atoms with Crippen molar-refractivity contribution in [2.45, 2.75) is 45.3 Å². The molecule has 3 aromatic carbocycles. The molecule has 0 radical (unpaired) electrons. The highest BCUT2D eigenvalue weighted by Gasteiger charge is 2.23. The molecule has 40 heavy (non-hydrogen) atoms. The number of benzene rings is 3. The maximum atomic E-state index is 12.7. The molecule has 8 nitrogen and oxygen atoms in total. The van der Waals surface area contributed by atoms with E-state index in [0.29, 0.717) is 19.6 Å². The number of rotatable bonds is 12. The van der Waals surface area contributed by atoms with E-state index >= 15 is 0 Å². The van der Waals surface area contributed by atoms with Crippen LogP contribution in [-0.2, 0) is 38.4 Å². The molecule has 1 fully saturated rings. The fraction of sp³-hybridized carbons (Fsp3) is 0.344. The van der Waals surface area contributed by atoms with Crippen LogP contribution in [0.3, 0.4) is 0 Å². The summed E-state index contributed by atoms with van der Waals surface area (Å²) in [6, 6.07) is 23.6. The Morgan fingerprint density at radius 3 is 2.48 bits per heavy atom. The van der Waals surface area contributed by atoms with E-state index in [2.05, 4.69) is 15.5 Å². The van der Waals surface area contributed by atoms with Gasteiger partial charge in [-0.3, -0.25) is 14.9 Å². The maximum absolute atomic E-state index is 12.7. The van der Waals surface area contributed by atoms with Crippen molar-refractivity contribution in [3.63, 3.8) is 0 Å². The molecule has 0 spiro atoms. The fourth-order valence-corrected chi connectivity index (χ4v) is 5.01. The first-order valence-electron chi connectivity index (χ1n) is 13.8. The summed E-state index contributed by atoms with van der Waals surface area (Å²) in [6.45, 7) is 5.08. The number of amides is 2. The minimum Gasteiger partial charge on any atom is -0.466 e. The number of hydrogen-bond donors (Lipinski definition) is 2. The first kappa shape index (κ1) is 28.8. The van der Waals surface area contributed by atoms with Crippen LogP contribution in [0.5, 0.6) is 0 Å². The quantitative estimate of drug-likeness (QED) is 0.248. The van der Waals surface area contributed by atoms with Crippen LogP contribution in [-0.4, -0.2) is 55.7 Å². The molecule has 2 amide bonds. The van der Waals surface area contributed by atoms with Crippen LogP contribution in [0, 0.1) is 0 Å². The van der Waals surface area contributed by atoms with Crippen molar-refractivity contribution >= 4 is 24.2 Å². The Labute approximate surface area is 235 Å². The number of anilines is 1. The second-order valence-corrected chi connectivity index (χ2v) is 9.82. The molecule has 0 bridgehead atoms. The minimum absolute atomic E-state index is 0.130. The molecule has 1 aliphatic rings. The molecule has 0 aromatic heterocycles. The smallest absolute Gasteiger partial charge is 0.411 e. The molecule has 0 saturated carbocycles. The number of nitrogens with one attached hydrogen (secondary N) is 2. The van der Waals surface area contributed by atoms with Gasteiger partial charge >= 0.3 is 12.1 Å². The molecule has 0 atom stereocenters. The maximum Gasteiger partial charge on any atom is 0.411 e. The summed E-state index contributed by atoms with van der Waals surface area (Å²) >= 11 is 0. The Bertz CT molecular complexity index is 1270. The van der Waals surface area contributed by atoms with E-state index in [-0.39, 0.29) is 18.5 Å². The second-order valence-electron chi connectivity index (χ2n) is 9.82. The van der Waals surface area contributed by atoms with E-state index in [1.165, 1.54) is 0 Å². The highest BCUT2D eigenvalue weighted by atomic mass is 16.6. The van der Waals surface area contributed by atoms with E-state index in [0.717, 1.165) is 72.4 Å². The third-order valence-corrected chi connectivity index (χ3v) is 7.05. The summed E-state index contributed by atoms with van der Waals surface area (Å²) in [5.74, 6) is -0.260. The number of carbonyl (C=O) groups is 3. The van der Waals surface area contributed by atoms with Gasteiger partial charge in [0.05, 0.1) is 18.7 Å². The van der Waals surface area contributed by atoms with Crippen LogP contribution < -0.4 is 10.6 Å². The molecule has 0 aliphatic carbocycles. The van der Waals surface area contributed by atoms with Crippen molar-refractivity contribution in [1.82, 2.24) is 10.2 Å². The third kappa shape index (κ3) is 8.41. The van der Waals surface area contributed by atoms with Gasteiger partial charge in [0.25, 0.3) is 0 Å². The standard InChI is InChI=1S/C32H37N3O5/c1-2-39-31(37)21-24-12-13-25(27(20-24)22-33-23-36)14-17-35-18-15-28(16-19-35)40-32(38)34-30-11-7-6-10-29(30)26-8-4-3-5-9-26/h3-13,20,23,28H,2,14-19,21-22H2,1H3,(H,33,36)(H,34,38). The largest absolute Gasteiger partial charge is 0.466 e. The number of ether oxygens (including phenoxy) is 2. The summed E-state index contributed by atoms with van der Waals surface area (Å²) in [7, 11) is 0. The minimum atomic E-state index is -0.433. The summed E-state index contributed by atoms with van der Waals surface area (Å²) in [4.78, 5) is 37.8. The monoisotopic (exact) mass is 543 g/mol. The number of likely N-dealkylation sites (tertiary alicyclic amines) is 1. The van der Waals surface area contributed by atoms with E-state index in [1.54, 1.807) is 6.92 Å². The number of piperidine rings is 1. The van der Waals surface area contributed by atoms with Gasteiger partial charge in [0.15, 0.2) is 0 Å². The average molecular weight is 544 g/mol. The Hall–Kier alpha value is -4.17. The molecule has 0 unspecified atom stereocenters. The Morgan fingerprint density at radius 1 is 0.975 bits per heavy atom. The van der Waals surface area contributed by atoms with Gasteiger partial charge in [0.1, 0.15) is 6.10 Å². The van der Waals surface area contributed by atoms with E-state index in [4.69, 9.17) is 9.47 Å². The Morgan fingerprint density at radius 2 is 1.73 bits per heavy atom. The molecule has 1 heterocycles. The van der Waals surface area contributed by atoms with Crippen LogP contribution in [0.15, 0.2) is 72.8 Å². The second kappa shape index (κ2) is 14.8. The predicted molar refractivity (Wildman–Crippen MR) is 155 cm³/mol. The Kier molecular flexibility index (Phi) is 10.7. The number of nitrogens with zero attached hydrogens (tertiary/aromatic N) is 1. The fourth-order valence-electron chi connectivity index (χ4n) is 5.01. The first-order chi connectivity index (χ1) is 19.6. The van der Waals surface area contributed by atoms with Crippen molar-refractivity contribution < 1.29 is 23.9 Å². The summed E-state index contributed by atoms with van der Waals surface area (Å²) in [5, 5.41) is 5.66. The van der Waals surface area contributed by atoms with Crippen molar-refractivity contribution in [2.75, 3.05) is 31.6 Å². The third-order valence-electron chi connectivity index (χ3n) is 7.05. The van der Waals surface area contributed by atoms with Crippen LogP contribution >= 0.6 is 0 Å². The summed E-state index contributed by atoms with van der Waals surface area (Å²) < 4.78 is 10.8. The van der Waals surface area contributed by atoms with Crippen LogP contribution in [0.2, 0.25) is 0 Å². The molecular formula is C32H37N3O5. The van der Waals surface area contributed by atoms with Crippen LogP contribution in [0.25, 0.3) is 11.1 Å². The zero-order chi connectivity index (χ0) is 28.2. The van der Waals surface area contributed by atoms with E-state index in [1.807, 2.05) is 72.8 Å². The highest BCUT2D eigenvalue weighted by molar-refractivity contribution is 5.91. The lowest BCUT2D eigenvalue weighted by Crippen LogP contribution is -2.39. The summed E-state index contributed by atoms with van der Waals surface area (Å²) in [6.07, 6.45) is 2.69. The van der Waals surface area contributed by atoms with Gasteiger partial charge in [-0.1, -0.05) is 66.7 Å². The van der Waals surface area contributed by atoms with E-state index < -0.39 is 6.09 Å². The predicted octanol–water partition coefficient (Wildman–Crippen LogP) is 4.96. The van der Waals surface area contributed by atoms with Crippen molar-refractivity contribution in [1.29, 1.82) is 0 Å². The molecule has 210 valence electrons. The topological polar surface area (TPSA) is 97.0 Å². The van der Waals surface area contributed by atoms with Gasteiger partial charge in [-0.15, -0.1) is 0 Å². The van der Waals surface area contributed by atoms with Gasteiger partial charge in [-0.25, -0.2) is 4.79 Å². The number of hydrogen-bond acceptors (Lipinski definition) is 6. The molecule has 2 N–H and O–H groups in total.